The van der Waals surface area contributed by atoms with E-state index in [-0.39, 0.29) is 18.0 Å². The fraction of sp³-hybridized carbons (Fsp3) is 0.522. The van der Waals surface area contributed by atoms with Gasteiger partial charge in [0, 0.05) is 30.5 Å². The molecule has 2 aliphatic heterocycles. The summed E-state index contributed by atoms with van der Waals surface area (Å²) in [6.45, 7) is 0.689. The Kier molecular flexibility index (Phi) is 4.64. The largest absolute Gasteiger partial charge is 0.364 e. The molecule has 29 heavy (non-hydrogen) atoms. The van der Waals surface area contributed by atoms with Gasteiger partial charge in [0.2, 0.25) is 5.91 Å². The molecule has 2 aromatic rings. The van der Waals surface area contributed by atoms with E-state index in [2.05, 4.69) is 14.5 Å². The molecule has 152 valence electrons. The molecule has 1 aromatic carbocycles. The van der Waals surface area contributed by atoms with Crippen molar-refractivity contribution in [2.24, 2.45) is 11.7 Å². The van der Waals surface area contributed by atoms with E-state index in [9.17, 15) is 9.59 Å². The highest BCUT2D eigenvalue weighted by Gasteiger charge is 2.43. The van der Waals surface area contributed by atoms with Crippen LogP contribution in [0.2, 0.25) is 0 Å². The first kappa shape index (κ1) is 18.4. The van der Waals surface area contributed by atoms with Crippen LogP contribution in [0.5, 0.6) is 0 Å². The van der Waals surface area contributed by atoms with Crippen molar-refractivity contribution < 1.29 is 9.59 Å². The van der Waals surface area contributed by atoms with Crippen LogP contribution < -0.4 is 5.73 Å². The maximum Gasteiger partial charge on any atom is 0.269 e. The minimum absolute atomic E-state index is 0.147. The summed E-state index contributed by atoms with van der Waals surface area (Å²) in [5.41, 5.74) is 7.93. The molecule has 2 bridgehead atoms. The van der Waals surface area contributed by atoms with Crippen LogP contribution >= 0.6 is 0 Å². The van der Waals surface area contributed by atoms with Gasteiger partial charge < -0.3 is 15.2 Å². The van der Waals surface area contributed by atoms with Crippen LogP contribution in [0.4, 0.5) is 0 Å². The molecule has 1 saturated heterocycles. The third-order valence-electron chi connectivity index (χ3n) is 6.99. The van der Waals surface area contributed by atoms with E-state index < -0.39 is 5.91 Å². The van der Waals surface area contributed by atoms with Gasteiger partial charge in [-0.2, -0.15) is 0 Å². The Balaban J connectivity index is 1.53. The lowest BCUT2D eigenvalue weighted by Gasteiger charge is -2.33. The maximum atomic E-state index is 13.4. The average Bonchev–Trinajstić information content (AvgIpc) is 3.25. The summed E-state index contributed by atoms with van der Waals surface area (Å²) in [5, 5.41) is 0. The molecule has 0 radical (unpaired) electrons. The Morgan fingerprint density at radius 2 is 1.69 bits per heavy atom. The van der Waals surface area contributed by atoms with Gasteiger partial charge in [-0.25, -0.2) is 4.98 Å². The number of fused-ring (bicyclic) bond motifs is 3. The Morgan fingerprint density at radius 3 is 2.41 bits per heavy atom. The van der Waals surface area contributed by atoms with E-state index in [0.717, 1.165) is 55.6 Å². The topological polar surface area (TPSA) is 81.2 Å². The smallest absolute Gasteiger partial charge is 0.269 e. The number of hydrogen-bond acceptors (Lipinski definition) is 3. The Morgan fingerprint density at radius 1 is 0.966 bits per heavy atom. The van der Waals surface area contributed by atoms with Gasteiger partial charge in [0.25, 0.3) is 5.91 Å². The highest BCUT2D eigenvalue weighted by Crippen LogP contribution is 2.38. The number of imidazole rings is 1. The van der Waals surface area contributed by atoms with E-state index in [1.807, 2.05) is 30.3 Å². The molecule has 1 aromatic heterocycles. The van der Waals surface area contributed by atoms with Crippen molar-refractivity contribution in [2.45, 2.75) is 70.0 Å². The molecule has 5 rings (SSSR count). The molecule has 2 atom stereocenters. The van der Waals surface area contributed by atoms with Crippen molar-refractivity contribution in [1.82, 2.24) is 14.5 Å². The van der Waals surface area contributed by atoms with E-state index in [0.29, 0.717) is 24.6 Å². The van der Waals surface area contributed by atoms with Crippen molar-refractivity contribution in [3.8, 4) is 11.4 Å². The van der Waals surface area contributed by atoms with Gasteiger partial charge in [-0.05, 0) is 25.7 Å². The van der Waals surface area contributed by atoms with Crippen LogP contribution in [-0.4, -0.2) is 38.3 Å². The second-order valence-electron chi connectivity index (χ2n) is 8.74. The first-order valence-electron chi connectivity index (χ1n) is 10.9. The number of hydrogen-bond donors (Lipinski definition) is 1. The van der Waals surface area contributed by atoms with Crippen LogP contribution in [0.25, 0.3) is 11.4 Å². The number of rotatable bonds is 3. The van der Waals surface area contributed by atoms with Gasteiger partial charge in [0.05, 0.1) is 11.7 Å². The lowest BCUT2D eigenvalue weighted by atomic mass is 9.88. The van der Waals surface area contributed by atoms with Crippen molar-refractivity contribution in [1.29, 1.82) is 0 Å². The van der Waals surface area contributed by atoms with Crippen LogP contribution in [0.3, 0.4) is 0 Å². The number of carbonyl (C=O) groups is 2. The van der Waals surface area contributed by atoms with Crippen molar-refractivity contribution in [2.75, 3.05) is 0 Å². The number of primary amides is 1. The predicted octanol–water partition coefficient (Wildman–Crippen LogP) is 3.15. The molecule has 6 heteroatoms. The third kappa shape index (κ3) is 3.15. The quantitative estimate of drug-likeness (QED) is 0.871. The molecule has 2 fully saturated rings. The predicted molar refractivity (Wildman–Crippen MR) is 110 cm³/mol. The zero-order valence-electron chi connectivity index (χ0n) is 16.7. The normalized spacial score (nSPS) is 24.2. The molecule has 2 N–H and O–H groups in total. The van der Waals surface area contributed by atoms with Gasteiger partial charge in [-0.15, -0.1) is 0 Å². The number of aromatic nitrogens is 2. The number of nitrogens with two attached hydrogens (primary N) is 1. The number of carbonyl (C=O) groups excluding carboxylic acids is 2. The van der Waals surface area contributed by atoms with Crippen LogP contribution in [0.15, 0.2) is 30.3 Å². The second-order valence-corrected chi connectivity index (χ2v) is 8.74. The lowest BCUT2D eigenvalue weighted by Crippen LogP contribution is -2.45. The van der Waals surface area contributed by atoms with Crippen LogP contribution in [0, 0.1) is 5.92 Å². The Bertz CT molecular complexity index is 930. The summed E-state index contributed by atoms with van der Waals surface area (Å²) in [6.07, 6.45) is 8.27. The van der Waals surface area contributed by atoms with Gasteiger partial charge in [0.15, 0.2) is 0 Å². The standard InChI is InChI=1S/C23H28N4O2/c24-21(28)20-19-13-17-11-12-18(27(17)23(29)16-9-5-2-6-10-16)14-26(19)22(25-20)15-7-3-1-4-8-15/h1,3-4,7-8,16-18H,2,5-6,9-14H2,(H2,24,28)/t17-,18+/m0/s1. The minimum atomic E-state index is -0.487. The van der Waals surface area contributed by atoms with Gasteiger partial charge >= 0.3 is 0 Å². The highest BCUT2D eigenvalue weighted by atomic mass is 16.2. The summed E-state index contributed by atoms with van der Waals surface area (Å²) in [6, 6.07) is 10.3. The summed E-state index contributed by atoms with van der Waals surface area (Å²) in [4.78, 5) is 32.4. The molecule has 6 nitrogen and oxygen atoms in total. The van der Waals surface area contributed by atoms with E-state index >= 15 is 0 Å². The summed E-state index contributed by atoms with van der Waals surface area (Å²) in [7, 11) is 0. The molecular weight excluding hydrogens is 364 g/mol. The molecule has 0 spiro atoms. The zero-order chi connectivity index (χ0) is 20.0. The molecule has 2 amide bonds. The first-order chi connectivity index (χ1) is 14.1. The van der Waals surface area contributed by atoms with E-state index in [4.69, 9.17) is 5.73 Å². The monoisotopic (exact) mass is 392 g/mol. The summed E-state index contributed by atoms with van der Waals surface area (Å²) in [5.74, 6) is 0.801. The fourth-order valence-corrected chi connectivity index (χ4v) is 5.59. The molecular formula is C23H28N4O2. The molecule has 3 heterocycles. The fourth-order valence-electron chi connectivity index (χ4n) is 5.59. The molecule has 3 aliphatic rings. The highest BCUT2D eigenvalue weighted by molar-refractivity contribution is 5.93. The number of amides is 2. The Hall–Kier alpha value is -2.63. The van der Waals surface area contributed by atoms with E-state index in [1.54, 1.807) is 0 Å². The van der Waals surface area contributed by atoms with Gasteiger partial charge in [-0.3, -0.25) is 9.59 Å². The first-order valence-corrected chi connectivity index (χ1v) is 10.9. The average molecular weight is 393 g/mol. The second kappa shape index (κ2) is 7.32. The van der Waals surface area contributed by atoms with Crippen molar-refractivity contribution in [3.63, 3.8) is 0 Å². The lowest BCUT2D eigenvalue weighted by molar-refractivity contribution is -0.139. The van der Waals surface area contributed by atoms with Gasteiger partial charge in [0.1, 0.15) is 11.5 Å². The summed E-state index contributed by atoms with van der Waals surface area (Å²) < 4.78 is 2.15. The Labute approximate surface area is 171 Å². The van der Waals surface area contributed by atoms with Crippen LogP contribution in [-0.2, 0) is 17.8 Å². The maximum absolute atomic E-state index is 13.4. The number of benzene rings is 1. The third-order valence-corrected chi connectivity index (χ3v) is 6.99. The van der Waals surface area contributed by atoms with Crippen molar-refractivity contribution in [3.05, 3.63) is 41.7 Å². The van der Waals surface area contributed by atoms with Crippen LogP contribution in [0.1, 0.15) is 61.1 Å². The zero-order valence-corrected chi connectivity index (χ0v) is 16.7. The minimum Gasteiger partial charge on any atom is -0.364 e. The number of nitrogens with zero attached hydrogens (tertiary/aromatic N) is 3. The van der Waals surface area contributed by atoms with E-state index in [1.165, 1.54) is 6.42 Å². The van der Waals surface area contributed by atoms with Crippen molar-refractivity contribution >= 4 is 11.8 Å². The van der Waals surface area contributed by atoms with Gasteiger partial charge in [-0.1, -0.05) is 49.6 Å². The molecule has 1 saturated carbocycles. The molecule has 1 aliphatic carbocycles. The SMILES string of the molecule is NC(=O)c1nc(-c2ccccc2)n2c1C[C@@H]1CC[C@H](C2)N1C(=O)C1CCCCC1. The summed E-state index contributed by atoms with van der Waals surface area (Å²) >= 11 is 0. The molecule has 0 unspecified atom stereocenters.